The molecule has 1 N–H and O–H groups in total. The number of hydrogen-bond acceptors (Lipinski definition) is 3. The highest BCUT2D eigenvalue weighted by Gasteiger charge is 2.33. The van der Waals surface area contributed by atoms with Gasteiger partial charge in [0.1, 0.15) is 5.60 Å². The molecule has 1 aliphatic heterocycles. The van der Waals surface area contributed by atoms with Crippen molar-refractivity contribution >= 4 is 11.9 Å². The van der Waals surface area contributed by atoms with E-state index in [0.29, 0.717) is 13.1 Å². The lowest BCUT2D eigenvalue weighted by Crippen LogP contribution is -2.48. The summed E-state index contributed by atoms with van der Waals surface area (Å²) in [5, 5.41) is 9.03. The third-order valence-electron chi connectivity index (χ3n) is 3.78. The second kappa shape index (κ2) is 5.25. The monoisotopic (exact) mass is 277 g/mol. The van der Waals surface area contributed by atoms with Crippen molar-refractivity contribution < 1.29 is 19.4 Å². The van der Waals surface area contributed by atoms with Crippen LogP contribution >= 0.6 is 0 Å². The number of carbonyl (C=O) groups is 2. The number of carboxylic acid groups (broad SMARTS) is 1. The van der Waals surface area contributed by atoms with Gasteiger partial charge in [-0.15, -0.1) is 0 Å². The second-order valence-corrected chi connectivity index (χ2v) is 5.48. The molecular formula is C15H19NO4. The van der Waals surface area contributed by atoms with Crippen LogP contribution in [-0.2, 0) is 22.5 Å². The van der Waals surface area contributed by atoms with Crippen LogP contribution in [0.5, 0.6) is 0 Å². The summed E-state index contributed by atoms with van der Waals surface area (Å²) in [6.07, 6.45) is 0.737. The van der Waals surface area contributed by atoms with E-state index < -0.39 is 11.6 Å². The molecule has 0 fully saturated rings. The van der Waals surface area contributed by atoms with Crippen LogP contribution in [-0.4, -0.2) is 41.1 Å². The number of benzene rings is 1. The van der Waals surface area contributed by atoms with Crippen LogP contribution in [0.3, 0.4) is 0 Å². The van der Waals surface area contributed by atoms with Gasteiger partial charge in [-0.2, -0.15) is 0 Å². The van der Waals surface area contributed by atoms with Crippen LogP contribution in [0.1, 0.15) is 35.3 Å². The van der Waals surface area contributed by atoms with E-state index in [0.717, 1.165) is 17.5 Å². The summed E-state index contributed by atoms with van der Waals surface area (Å²) in [7, 11) is 1.51. The number of amides is 1. The molecule has 5 nitrogen and oxygen atoms in total. The average molecular weight is 277 g/mol. The molecule has 20 heavy (non-hydrogen) atoms. The summed E-state index contributed by atoms with van der Waals surface area (Å²) >= 11 is 0. The van der Waals surface area contributed by atoms with Gasteiger partial charge in [0.05, 0.1) is 5.56 Å². The quantitative estimate of drug-likeness (QED) is 0.913. The Morgan fingerprint density at radius 2 is 2.00 bits per heavy atom. The number of methoxy groups -OCH3 is 1. The molecule has 1 amide bonds. The fourth-order valence-electron chi connectivity index (χ4n) is 2.33. The average Bonchev–Trinajstić information content (AvgIpc) is 2.45. The number of nitrogens with zero attached hydrogens (tertiary/aromatic N) is 1. The van der Waals surface area contributed by atoms with E-state index in [1.165, 1.54) is 7.11 Å². The predicted octanol–water partition coefficient (Wildman–Crippen LogP) is 1.69. The summed E-state index contributed by atoms with van der Waals surface area (Å²) < 4.78 is 5.22. The van der Waals surface area contributed by atoms with E-state index in [9.17, 15) is 9.59 Å². The van der Waals surface area contributed by atoms with Crippen LogP contribution in [0, 0.1) is 0 Å². The van der Waals surface area contributed by atoms with Crippen molar-refractivity contribution in [2.24, 2.45) is 0 Å². The van der Waals surface area contributed by atoms with Gasteiger partial charge in [-0.05, 0) is 43.5 Å². The van der Waals surface area contributed by atoms with Crippen molar-refractivity contribution in [1.29, 1.82) is 0 Å². The highest BCUT2D eigenvalue weighted by molar-refractivity contribution is 5.88. The Labute approximate surface area is 118 Å². The number of aromatic carboxylic acids is 1. The van der Waals surface area contributed by atoms with Gasteiger partial charge in [-0.25, -0.2) is 4.79 Å². The van der Waals surface area contributed by atoms with E-state index in [4.69, 9.17) is 9.84 Å². The lowest BCUT2D eigenvalue weighted by molar-refractivity contribution is -0.152. The Balaban J connectivity index is 2.24. The number of carbonyl (C=O) groups excluding carboxylic acids is 1. The first-order chi connectivity index (χ1) is 9.35. The molecule has 0 aromatic heterocycles. The normalized spacial score (nSPS) is 14.8. The van der Waals surface area contributed by atoms with Gasteiger partial charge in [0.25, 0.3) is 5.91 Å². The zero-order valence-corrected chi connectivity index (χ0v) is 12.0. The van der Waals surface area contributed by atoms with E-state index in [2.05, 4.69) is 0 Å². The largest absolute Gasteiger partial charge is 0.478 e. The van der Waals surface area contributed by atoms with Gasteiger partial charge < -0.3 is 14.7 Å². The third-order valence-corrected chi connectivity index (χ3v) is 3.78. The van der Waals surface area contributed by atoms with Crippen molar-refractivity contribution in [2.75, 3.05) is 13.7 Å². The summed E-state index contributed by atoms with van der Waals surface area (Å²) in [5.74, 6) is -1.03. The van der Waals surface area contributed by atoms with Gasteiger partial charge in [0.2, 0.25) is 0 Å². The van der Waals surface area contributed by atoms with Crippen molar-refractivity contribution in [1.82, 2.24) is 4.90 Å². The molecule has 0 saturated heterocycles. The van der Waals surface area contributed by atoms with Crippen LogP contribution in [0.25, 0.3) is 0 Å². The smallest absolute Gasteiger partial charge is 0.335 e. The van der Waals surface area contributed by atoms with E-state index >= 15 is 0 Å². The zero-order valence-electron chi connectivity index (χ0n) is 12.0. The molecule has 0 radical (unpaired) electrons. The molecule has 1 aliphatic rings. The molecule has 0 atom stereocenters. The zero-order chi connectivity index (χ0) is 14.9. The number of hydrogen-bond donors (Lipinski definition) is 1. The summed E-state index contributed by atoms with van der Waals surface area (Å²) in [6, 6.07) is 5.09. The van der Waals surface area contributed by atoms with Crippen molar-refractivity contribution in [3.8, 4) is 0 Å². The topological polar surface area (TPSA) is 66.8 Å². The molecule has 0 saturated carbocycles. The Morgan fingerprint density at radius 3 is 2.60 bits per heavy atom. The lowest BCUT2D eigenvalue weighted by atomic mass is 9.96. The minimum Gasteiger partial charge on any atom is -0.478 e. The Bertz CT molecular complexity index is 551. The first-order valence-corrected chi connectivity index (χ1v) is 6.55. The SMILES string of the molecule is COC(C)(C)C(=O)N1CCc2ccc(C(=O)O)cc2C1. The van der Waals surface area contributed by atoms with Gasteiger partial charge in [0, 0.05) is 20.2 Å². The van der Waals surface area contributed by atoms with Gasteiger partial charge in [-0.3, -0.25) is 4.79 Å². The van der Waals surface area contributed by atoms with Crippen molar-refractivity contribution in [3.63, 3.8) is 0 Å². The molecule has 0 spiro atoms. The molecule has 108 valence electrons. The molecular weight excluding hydrogens is 258 g/mol. The number of fused-ring (bicyclic) bond motifs is 1. The minimum absolute atomic E-state index is 0.0774. The number of ether oxygens (including phenoxy) is 1. The summed E-state index contributed by atoms with van der Waals surface area (Å²) in [6.45, 7) is 4.53. The Hall–Kier alpha value is -1.88. The van der Waals surface area contributed by atoms with Gasteiger partial charge in [0.15, 0.2) is 0 Å². The fourth-order valence-corrected chi connectivity index (χ4v) is 2.33. The van der Waals surface area contributed by atoms with Crippen LogP contribution in [0.2, 0.25) is 0 Å². The molecule has 1 aromatic carbocycles. The van der Waals surface area contributed by atoms with Gasteiger partial charge in [-0.1, -0.05) is 6.07 Å². The molecule has 1 aromatic rings. The highest BCUT2D eigenvalue weighted by atomic mass is 16.5. The molecule has 5 heteroatoms. The maximum absolute atomic E-state index is 12.4. The molecule has 0 aliphatic carbocycles. The summed E-state index contributed by atoms with van der Waals surface area (Å²) in [5.41, 5.74) is 1.40. The molecule has 1 heterocycles. The van der Waals surface area contributed by atoms with E-state index in [1.807, 2.05) is 6.07 Å². The Morgan fingerprint density at radius 1 is 1.30 bits per heavy atom. The third kappa shape index (κ3) is 2.67. The van der Waals surface area contributed by atoms with Crippen LogP contribution in [0.4, 0.5) is 0 Å². The second-order valence-electron chi connectivity index (χ2n) is 5.48. The Kier molecular flexibility index (Phi) is 3.81. The minimum atomic E-state index is -0.950. The number of rotatable bonds is 3. The van der Waals surface area contributed by atoms with Crippen LogP contribution in [0.15, 0.2) is 18.2 Å². The number of carboxylic acids is 1. The lowest BCUT2D eigenvalue weighted by Gasteiger charge is -2.34. The summed E-state index contributed by atoms with van der Waals surface area (Å²) in [4.78, 5) is 25.1. The highest BCUT2D eigenvalue weighted by Crippen LogP contribution is 2.23. The first-order valence-electron chi connectivity index (χ1n) is 6.55. The van der Waals surface area contributed by atoms with E-state index in [1.54, 1.807) is 30.9 Å². The van der Waals surface area contributed by atoms with E-state index in [-0.39, 0.29) is 11.5 Å². The fraction of sp³-hybridized carbons (Fsp3) is 0.467. The van der Waals surface area contributed by atoms with Gasteiger partial charge >= 0.3 is 5.97 Å². The first kappa shape index (κ1) is 14.5. The molecule has 2 rings (SSSR count). The predicted molar refractivity (Wildman–Crippen MR) is 73.6 cm³/mol. The molecule has 0 unspecified atom stereocenters. The van der Waals surface area contributed by atoms with Crippen LogP contribution < -0.4 is 0 Å². The molecule has 0 bridgehead atoms. The van der Waals surface area contributed by atoms with Crippen molar-refractivity contribution in [2.45, 2.75) is 32.4 Å². The van der Waals surface area contributed by atoms with Crippen molar-refractivity contribution in [3.05, 3.63) is 34.9 Å². The maximum Gasteiger partial charge on any atom is 0.335 e. The standard InChI is InChI=1S/C15H19NO4/c1-15(2,20-3)14(19)16-7-6-10-4-5-11(13(17)18)8-12(10)9-16/h4-5,8H,6-7,9H2,1-3H3,(H,17,18). The maximum atomic E-state index is 12.4.